The van der Waals surface area contributed by atoms with Gasteiger partial charge in [-0.3, -0.25) is 4.79 Å². The molecule has 0 aromatic rings. The molecule has 6 heteroatoms. The summed E-state index contributed by atoms with van der Waals surface area (Å²) in [5.74, 6) is -1.06. The van der Waals surface area contributed by atoms with Crippen LogP contribution in [0.3, 0.4) is 0 Å². The van der Waals surface area contributed by atoms with E-state index in [4.69, 9.17) is 9.53 Å². The van der Waals surface area contributed by atoms with Crippen molar-refractivity contribution in [3.05, 3.63) is 11.8 Å². The van der Waals surface area contributed by atoms with Gasteiger partial charge in [-0.1, -0.05) is 26.8 Å². The first-order chi connectivity index (χ1) is 9.64. The van der Waals surface area contributed by atoms with Gasteiger partial charge in [-0.25, -0.2) is 4.79 Å². The predicted octanol–water partition coefficient (Wildman–Crippen LogP) is 1.85. The van der Waals surface area contributed by atoms with Gasteiger partial charge in [0.1, 0.15) is 5.70 Å². The van der Waals surface area contributed by atoms with Crippen molar-refractivity contribution < 1.29 is 19.1 Å². The van der Waals surface area contributed by atoms with Crippen LogP contribution in [0.2, 0.25) is 13.1 Å². The maximum atomic E-state index is 12.5. The molecule has 2 aliphatic heterocycles. The van der Waals surface area contributed by atoms with E-state index < -0.39 is 15.0 Å². The van der Waals surface area contributed by atoms with Gasteiger partial charge in [0, 0.05) is 6.61 Å². The van der Waals surface area contributed by atoms with Crippen LogP contribution in [0.5, 0.6) is 0 Å². The number of carbonyl (C=O) groups is 2. The molecule has 1 saturated heterocycles. The monoisotopic (exact) mass is 311 g/mol. The second kappa shape index (κ2) is 5.57. The molecule has 2 unspecified atom stereocenters. The van der Waals surface area contributed by atoms with Gasteiger partial charge in [0.15, 0.2) is 9.04 Å². The van der Waals surface area contributed by atoms with E-state index in [0.29, 0.717) is 13.0 Å². The topological polar surface area (TPSA) is 66.8 Å². The number of β-lactam (4-membered cyclic amide) rings is 1. The van der Waals surface area contributed by atoms with Crippen molar-refractivity contribution in [1.29, 1.82) is 0 Å². The maximum absolute atomic E-state index is 12.5. The summed E-state index contributed by atoms with van der Waals surface area (Å²) in [6.45, 7) is 11.2. The number of carbonyl (C=O) groups excluding carboxylic acids is 1. The molecule has 0 aliphatic carbocycles. The number of fused-ring (bicyclic) bond motifs is 1. The molecule has 0 aromatic carbocycles. The highest BCUT2D eigenvalue weighted by Gasteiger charge is 2.57. The third kappa shape index (κ3) is 2.92. The molecule has 2 rings (SSSR count). The minimum atomic E-state index is -1.14. The summed E-state index contributed by atoms with van der Waals surface area (Å²) in [6.07, 6.45) is 2.31. The van der Waals surface area contributed by atoms with Crippen LogP contribution in [0.25, 0.3) is 0 Å². The highest BCUT2D eigenvalue weighted by molar-refractivity contribution is 6.48. The summed E-state index contributed by atoms with van der Waals surface area (Å²) in [5.41, 5.74) is 0.106. The molecule has 1 fully saturated rings. The summed E-state index contributed by atoms with van der Waals surface area (Å²) in [5, 5.41) is 9.13. The van der Waals surface area contributed by atoms with Crippen LogP contribution in [0.1, 0.15) is 27.2 Å². The van der Waals surface area contributed by atoms with Crippen LogP contribution in [0.4, 0.5) is 0 Å². The second-order valence-electron chi connectivity index (χ2n) is 7.29. The van der Waals surface area contributed by atoms with Gasteiger partial charge >= 0.3 is 5.97 Å². The molecule has 3 atom stereocenters. The quantitative estimate of drug-likeness (QED) is 0.621. The number of carboxylic acids is 1. The van der Waals surface area contributed by atoms with E-state index in [1.165, 1.54) is 4.90 Å². The van der Waals surface area contributed by atoms with Gasteiger partial charge < -0.3 is 14.4 Å². The molecule has 21 heavy (non-hydrogen) atoms. The van der Waals surface area contributed by atoms with Crippen LogP contribution < -0.4 is 0 Å². The van der Waals surface area contributed by atoms with E-state index in [1.807, 2.05) is 0 Å². The lowest BCUT2D eigenvalue weighted by molar-refractivity contribution is -0.162. The van der Waals surface area contributed by atoms with E-state index in [2.05, 4.69) is 33.9 Å². The zero-order valence-electron chi connectivity index (χ0n) is 13.4. The lowest BCUT2D eigenvalue weighted by atomic mass is 9.66. The number of carboxylic acid groups (broad SMARTS) is 1. The second-order valence-corrected chi connectivity index (χ2v) is 9.72. The van der Waals surface area contributed by atoms with E-state index in [9.17, 15) is 9.59 Å². The fourth-order valence-corrected chi connectivity index (χ4v) is 3.86. The standard InChI is InChI=1S/C15H25NO4Si/c1-15(2,3)9(8-20-21(4)5)12-10-6-7-11(14(18)19)16(10)13(12)17/h7,9-10,12,21H,6,8H2,1-5H3,(H,18,19)/t9-,10?,12?/m1/s1. The van der Waals surface area contributed by atoms with Crippen molar-refractivity contribution in [2.75, 3.05) is 6.61 Å². The van der Waals surface area contributed by atoms with E-state index >= 15 is 0 Å². The number of rotatable bonds is 5. The molecule has 0 bridgehead atoms. The SMILES string of the molecule is C[SiH](C)OC[C@H](C1C(=O)N2C(C(=O)O)=CCC12)C(C)(C)C. The van der Waals surface area contributed by atoms with Gasteiger partial charge in [0.2, 0.25) is 5.91 Å². The Kier molecular flexibility index (Phi) is 4.30. The van der Waals surface area contributed by atoms with Gasteiger partial charge in [0.05, 0.1) is 12.0 Å². The summed E-state index contributed by atoms with van der Waals surface area (Å²) < 4.78 is 5.89. The third-order valence-electron chi connectivity index (χ3n) is 4.46. The highest BCUT2D eigenvalue weighted by atomic mass is 28.3. The number of aliphatic carboxylic acids is 1. The Balaban J connectivity index is 2.14. The van der Waals surface area contributed by atoms with Crippen molar-refractivity contribution in [3.8, 4) is 0 Å². The van der Waals surface area contributed by atoms with Crippen molar-refractivity contribution >= 4 is 20.9 Å². The molecular formula is C15H25NO4Si. The van der Waals surface area contributed by atoms with Gasteiger partial charge in [-0.2, -0.15) is 0 Å². The number of hydrogen-bond acceptors (Lipinski definition) is 3. The van der Waals surface area contributed by atoms with Crippen LogP contribution in [-0.2, 0) is 14.0 Å². The highest BCUT2D eigenvalue weighted by Crippen LogP contribution is 2.47. The summed E-state index contributed by atoms with van der Waals surface area (Å²) in [6, 6.07) is 0.00486. The number of amides is 1. The third-order valence-corrected chi connectivity index (χ3v) is 5.31. The lowest BCUT2D eigenvalue weighted by Crippen LogP contribution is -2.63. The molecule has 0 aromatic heterocycles. The Bertz CT molecular complexity index is 481. The fraction of sp³-hybridized carbons (Fsp3) is 0.733. The molecule has 118 valence electrons. The van der Waals surface area contributed by atoms with Crippen LogP contribution in [-0.4, -0.2) is 43.6 Å². The Morgan fingerprint density at radius 2 is 2.14 bits per heavy atom. The smallest absolute Gasteiger partial charge is 0.352 e. The summed E-state index contributed by atoms with van der Waals surface area (Å²) in [7, 11) is -1.14. The Morgan fingerprint density at radius 3 is 2.62 bits per heavy atom. The number of nitrogens with zero attached hydrogens (tertiary/aromatic N) is 1. The van der Waals surface area contributed by atoms with E-state index in [1.54, 1.807) is 6.08 Å². The van der Waals surface area contributed by atoms with E-state index in [0.717, 1.165) is 0 Å². The molecule has 1 N–H and O–H groups in total. The zero-order valence-corrected chi connectivity index (χ0v) is 14.6. The average molecular weight is 311 g/mol. The Labute approximate surface area is 127 Å². The largest absolute Gasteiger partial charge is 0.477 e. The zero-order chi connectivity index (χ0) is 15.9. The van der Waals surface area contributed by atoms with Crippen LogP contribution in [0, 0.1) is 17.3 Å². The van der Waals surface area contributed by atoms with Gasteiger partial charge in [-0.15, -0.1) is 0 Å². The van der Waals surface area contributed by atoms with Crippen molar-refractivity contribution in [2.24, 2.45) is 17.3 Å². The predicted molar refractivity (Wildman–Crippen MR) is 82.2 cm³/mol. The molecule has 5 nitrogen and oxygen atoms in total. The van der Waals surface area contributed by atoms with E-state index in [-0.39, 0.29) is 34.9 Å². The first-order valence-electron chi connectivity index (χ1n) is 7.52. The first-order valence-corrected chi connectivity index (χ1v) is 10.3. The molecule has 0 spiro atoms. The Morgan fingerprint density at radius 1 is 1.52 bits per heavy atom. The molecule has 0 radical (unpaired) electrons. The van der Waals surface area contributed by atoms with Crippen LogP contribution >= 0.6 is 0 Å². The molecule has 1 amide bonds. The van der Waals surface area contributed by atoms with Crippen molar-refractivity contribution in [2.45, 2.75) is 46.3 Å². The van der Waals surface area contributed by atoms with Crippen LogP contribution in [0.15, 0.2) is 11.8 Å². The molecule has 0 saturated carbocycles. The summed E-state index contributed by atoms with van der Waals surface area (Å²) >= 11 is 0. The molecule has 2 aliphatic rings. The van der Waals surface area contributed by atoms with Gasteiger partial charge in [-0.05, 0) is 30.8 Å². The maximum Gasteiger partial charge on any atom is 0.352 e. The normalized spacial score (nSPS) is 26.5. The first kappa shape index (κ1) is 16.2. The van der Waals surface area contributed by atoms with Crippen molar-refractivity contribution in [3.63, 3.8) is 0 Å². The van der Waals surface area contributed by atoms with Gasteiger partial charge in [0.25, 0.3) is 0 Å². The Hall–Kier alpha value is -1.14. The minimum Gasteiger partial charge on any atom is -0.477 e. The minimum absolute atomic E-state index is 0.00486. The lowest BCUT2D eigenvalue weighted by Gasteiger charge is -2.50. The average Bonchev–Trinajstić information content (AvgIpc) is 2.72. The molecular weight excluding hydrogens is 286 g/mol. The fourth-order valence-electron chi connectivity index (χ4n) is 3.27. The van der Waals surface area contributed by atoms with Crippen molar-refractivity contribution in [1.82, 2.24) is 4.90 Å². The summed E-state index contributed by atoms with van der Waals surface area (Å²) in [4.78, 5) is 25.1. The number of hydrogen-bond donors (Lipinski definition) is 1. The molecule has 2 heterocycles.